The van der Waals surface area contributed by atoms with Gasteiger partial charge in [0.25, 0.3) is 0 Å². The number of rotatable bonds is 1. The van der Waals surface area contributed by atoms with Crippen LogP contribution in [-0.2, 0) is 0 Å². The van der Waals surface area contributed by atoms with E-state index in [9.17, 15) is 0 Å². The Hall–Kier alpha value is -3.62. The van der Waals surface area contributed by atoms with Crippen molar-refractivity contribution in [1.82, 2.24) is 0 Å². The molecule has 30 heavy (non-hydrogen) atoms. The third-order valence-corrected chi connectivity index (χ3v) is 7.28. The molecular weight excluding hydrogens is 384 g/mol. The van der Waals surface area contributed by atoms with Crippen molar-refractivity contribution >= 4 is 64.2 Å². The molecule has 0 aliphatic heterocycles. The van der Waals surface area contributed by atoms with Gasteiger partial charge in [-0.25, -0.2) is 0 Å². The molecule has 7 rings (SSSR count). The van der Waals surface area contributed by atoms with Gasteiger partial charge in [-0.2, -0.15) is 0 Å². The molecule has 0 fully saturated rings. The standard InChI is InChI=1S/C28H16OS/c1-2-6-17(7-3-1)18-10-11-20-23-14-13-22-24(28(23)30-26(20)16-18)15-12-21-19-8-4-5-9-25(19)29-27(21)22/h1-16H. The van der Waals surface area contributed by atoms with E-state index < -0.39 is 0 Å². The summed E-state index contributed by atoms with van der Waals surface area (Å²) in [6, 6.07) is 34.6. The van der Waals surface area contributed by atoms with Gasteiger partial charge in [-0.3, -0.25) is 0 Å². The number of furan rings is 1. The van der Waals surface area contributed by atoms with E-state index in [4.69, 9.17) is 4.42 Å². The molecule has 2 aromatic heterocycles. The highest BCUT2D eigenvalue weighted by atomic mass is 32.1. The van der Waals surface area contributed by atoms with Gasteiger partial charge in [-0.05, 0) is 35.4 Å². The first kappa shape index (κ1) is 16.2. The van der Waals surface area contributed by atoms with Crippen molar-refractivity contribution in [3.8, 4) is 11.1 Å². The molecule has 0 aliphatic rings. The minimum atomic E-state index is 0.948. The van der Waals surface area contributed by atoms with Crippen LogP contribution in [0.5, 0.6) is 0 Å². The lowest BCUT2D eigenvalue weighted by atomic mass is 10.0. The minimum Gasteiger partial charge on any atom is -0.455 e. The molecule has 0 saturated carbocycles. The van der Waals surface area contributed by atoms with Crippen LogP contribution in [0, 0.1) is 0 Å². The number of fused-ring (bicyclic) bond motifs is 9. The fraction of sp³-hybridized carbons (Fsp3) is 0. The topological polar surface area (TPSA) is 13.1 Å². The second-order valence-corrected chi connectivity index (χ2v) is 8.81. The van der Waals surface area contributed by atoms with Gasteiger partial charge >= 0.3 is 0 Å². The zero-order valence-electron chi connectivity index (χ0n) is 16.1. The SMILES string of the molecule is c1ccc(-c2ccc3c(c2)sc2c3ccc3c2ccc2c4ccccc4oc23)cc1. The Labute approximate surface area is 176 Å². The van der Waals surface area contributed by atoms with Crippen LogP contribution in [-0.4, -0.2) is 0 Å². The van der Waals surface area contributed by atoms with E-state index in [-0.39, 0.29) is 0 Å². The maximum absolute atomic E-state index is 6.27. The van der Waals surface area contributed by atoms with Crippen LogP contribution in [0.2, 0.25) is 0 Å². The lowest BCUT2D eigenvalue weighted by Gasteiger charge is -2.02. The first-order valence-corrected chi connectivity index (χ1v) is 10.9. The van der Waals surface area contributed by atoms with E-state index in [0.29, 0.717) is 0 Å². The van der Waals surface area contributed by atoms with Gasteiger partial charge < -0.3 is 4.42 Å². The molecule has 0 atom stereocenters. The van der Waals surface area contributed by atoms with Gasteiger partial charge in [0.2, 0.25) is 0 Å². The molecule has 0 saturated heterocycles. The summed E-state index contributed by atoms with van der Waals surface area (Å²) >= 11 is 1.87. The van der Waals surface area contributed by atoms with E-state index in [0.717, 1.165) is 11.2 Å². The smallest absolute Gasteiger partial charge is 0.143 e. The summed E-state index contributed by atoms with van der Waals surface area (Å²) in [5.41, 5.74) is 4.45. The molecule has 1 nitrogen and oxygen atoms in total. The molecule has 140 valence electrons. The summed E-state index contributed by atoms with van der Waals surface area (Å²) in [6.45, 7) is 0. The monoisotopic (exact) mass is 400 g/mol. The molecule has 0 amide bonds. The second kappa shape index (κ2) is 5.94. The Balaban J connectivity index is 1.55. The molecule has 0 bridgehead atoms. The van der Waals surface area contributed by atoms with E-state index >= 15 is 0 Å². The maximum Gasteiger partial charge on any atom is 0.143 e. The van der Waals surface area contributed by atoms with E-state index in [2.05, 4.69) is 84.9 Å². The van der Waals surface area contributed by atoms with Gasteiger partial charge in [0, 0.05) is 41.7 Å². The lowest BCUT2D eigenvalue weighted by molar-refractivity contribution is 0.672. The summed E-state index contributed by atoms with van der Waals surface area (Å²) in [4.78, 5) is 0. The Morgan fingerprint density at radius 3 is 2.03 bits per heavy atom. The normalized spacial score (nSPS) is 12.0. The molecule has 5 aromatic carbocycles. The van der Waals surface area contributed by atoms with Gasteiger partial charge in [0.15, 0.2) is 0 Å². The van der Waals surface area contributed by atoms with Gasteiger partial charge in [0.1, 0.15) is 11.2 Å². The van der Waals surface area contributed by atoms with Crippen molar-refractivity contribution in [3.63, 3.8) is 0 Å². The molecular formula is C28H16OS. The van der Waals surface area contributed by atoms with E-state index in [1.165, 1.54) is 52.8 Å². The summed E-state index contributed by atoms with van der Waals surface area (Å²) in [6.07, 6.45) is 0. The third kappa shape index (κ3) is 2.17. The van der Waals surface area contributed by atoms with Crippen molar-refractivity contribution in [2.24, 2.45) is 0 Å². The average molecular weight is 401 g/mol. The number of benzene rings is 5. The quantitative estimate of drug-likeness (QED) is 0.268. The molecule has 0 radical (unpaired) electrons. The van der Waals surface area contributed by atoms with E-state index in [1.807, 2.05) is 23.5 Å². The largest absolute Gasteiger partial charge is 0.455 e. The number of thiophene rings is 1. The highest BCUT2D eigenvalue weighted by molar-refractivity contribution is 7.26. The minimum absolute atomic E-state index is 0.948. The van der Waals surface area contributed by atoms with Crippen LogP contribution in [0.15, 0.2) is 101 Å². The molecule has 0 aliphatic carbocycles. The summed E-state index contributed by atoms with van der Waals surface area (Å²) < 4.78 is 8.92. The predicted molar refractivity (Wildman–Crippen MR) is 130 cm³/mol. The molecule has 2 heterocycles. The fourth-order valence-electron chi connectivity index (χ4n) is 4.63. The van der Waals surface area contributed by atoms with Crippen molar-refractivity contribution in [3.05, 3.63) is 97.1 Å². The van der Waals surface area contributed by atoms with Crippen LogP contribution >= 0.6 is 11.3 Å². The molecule has 0 N–H and O–H groups in total. The zero-order valence-corrected chi connectivity index (χ0v) is 16.9. The Morgan fingerprint density at radius 1 is 0.500 bits per heavy atom. The summed E-state index contributed by atoms with van der Waals surface area (Å²) in [5, 5.41) is 7.45. The van der Waals surface area contributed by atoms with Crippen LogP contribution in [0.4, 0.5) is 0 Å². The van der Waals surface area contributed by atoms with Crippen molar-refractivity contribution in [2.75, 3.05) is 0 Å². The van der Waals surface area contributed by atoms with E-state index in [1.54, 1.807) is 0 Å². The predicted octanol–water partition coefficient (Wildman–Crippen LogP) is 8.77. The molecule has 7 aromatic rings. The second-order valence-electron chi connectivity index (χ2n) is 7.76. The molecule has 2 heteroatoms. The molecule has 0 spiro atoms. The lowest BCUT2D eigenvalue weighted by Crippen LogP contribution is -1.76. The third-order valence-electron chi connectivity index (χ3n) is 6.08. The maximum atomic E-state index is 6.27. The highest BCUT2D eigenvalue weighted by Gasteiger charge is 2.14. The van der Waals surface area contributed by atoms with Crippen LogP contribution in [0.3, 0.4) is 0 Å². The Bertz CT molecular complexity index is 1740. The Kier molecular flexibility index (Phi) is 3.21. The number of hydrogen-bond acceptors (Lipinski definition) is 2. The fourth-order valence-corrected chi connectivity index (χ4v) is 5.90. The van der Waals surface area contributed by atoms with Crippen LogP contribution < -0.4 is 0 Å². The van der Waals surface area contributed by atoms with Crippen molar-refractivity contribution < 1.29 is 4.42 Å². The zero-order chi connectivity index (χ0) is 19.7. The van der Waals surface area contributed by atoms with Crippen molar-refractivity contribution in [1.29, 1.82) is 0 Å². The average Bonchev–Trinajstić information content (AvgIpc) is 3.37. The van der Waals surface area contributed by atoms with Gasteiger partial charge in [0.05, 0.1) is 0 Å². The highest BCUT2D eigenvalue weighted by Crippen LogP contribution is 2.42. The van der Waals surface area contributed by atoms with Gasteiger partial charge in [-0.1, -0.05) is 72.8 Å². The number of hydrogen-bond donors (Lipinski definition) is 0. The van der Waals surface area contributed by atoms with Crippen molar-refractivity contribution in [2.45, 2.75) is 0 Å². The summed E-state index contributed by atoms with van der Waals surface area (Å²) in [5.74, 6) is 0. The van der Waals surface area contributed by atoms with Crippen LogP contribution in [0.25, 0.3) is 64.0 Å². The first-order chi connectivity index (χ1) is 14.9. The Morgan fingerprint density at radius 2 is 1.17 bits per heavy atom. The summed E-state index contributed by atoms with van der Waals surface area (Å²) in [7, 11) is 0. The number of para-hydroxylation sites is 1. The van der Waals surface area contributed by atoms with Gasteiger partial charge in [-0.15, -0.1) is 11.3 Å². The first-order valence-electron chi connectivity index (χ1n) is 10.1. The van der Waals surface area contributed by atoms with Crippen LogP contribution in [0.1, 0.15) is 0 Å². The molecule has 0 unspecified atom stereocenters.